The van der Waals surface area contributed by atoms with E-state index in [1.807, 2.05) is 60.7 Å². The fraction of sp³-hybridized carbons (Fsp3) is 0.118. The van der Waals surface area contributed by atoms with Gasteiger partial charge in [-0.3, -0.25) is 4.79 Å². The summed E-state index contributed by atoms with van der Waals surface area (Å²) in [4.78, 5) is 13.7. The molecule has 0 aliphatic carbocycles. The van der Waals surface area contributed by atoms with E-state index in [9.17, 15) is 4.79 Å². The third kappa shape index (κ3) is 2.72. The Morgan fingerprint density at radius 1 is 0.950 bits per heavy atom. The van der Waals surface area contributed by atoms with Crippen molar-refractivity contribution in [2.24, 2.45) is 0 Å². The average molecular weight is 265 g/mol. The minimum Gasteiger partial charge on any atom is -0.491 e. The molecule has 0 N–H and O–H groups in total. The highest BCUT2D eigenvalue weighted by molar-refractivity contribution is 6.04. The maximum Gasteiger partial charge on any atom is 0.254 e. The van der Waals surface area contributed by atoms with Crippen LogP contribution in [0, 0.1) is 0 Å². The molecule has 0 spiro atoms. The maximum absolute atomic E-state index is 12.0. The van der Waals surface area contributed by atoms with E-state index in [4.69, 9.17) is 4.74 Å². The summed E-state index contributed by atoms with van der Waals surface area (Å²) >= 11 is 0. The van der Waals surface area contributed by atoms with Gasteiger partial charge in [-0.1, -0.05) is 48.5 Å². The third-order valence-corrected chi connectivity index (χ3v) is 3.20. The van der Waals surface area contributed by atoms with Crippen molar-refractivity contribution in [3.05, 3.63) is 78.1 Å². The second kappa shape index (κ2) is 5.61. The van der Waals surface area contributed by atoms with E-state index in [0.29, 0.717) is 18.9 Å². The average Bonchev–Trinajstić information content (AvgIpc) is 2.88. The minimum atomic E-state index is -0.0285. The molecule has 2 aromatic rings. The topological polar surface area (TPSA) is 29.5 Å². The van der Waals surface area contributed by atoms with Crippen molar-refractivity contribution in [1.29, 1.82) is 0 Å². The van der Waals surface area contributed by atoms with E-state index in [1.54, 1.807) is 11.0 Å². The van der Waals surface area contributed by atoms with Gasteiger partial charge < -0.3 is 9.64 Å². The van der Waals surface area contributed by atoms with Crippen LogP contribution >= 0.6 is 0 Å². The third-order valence-electron chi connectivity index (χ3n) is 3.20. The summed E-state index contributed by atoms with van der Waals surface area (Å²) in [6.07, 6.45) is 1.57. The van der Waals surface area contributed by atoms with Crippen LogP contribution in [-0.4, -0.2) is 12.5 Å². The highest BCUT2D eigenvalue weighted by Crippen LogP contribution is 2.21. The molecule has 20 heavy (non-hydrogen) atoms. The lowest BCUT2D eigenvalue weighted by atomic mass is 10.2. The van der Waals surface area contributed by atoms with Gasteiger partial charge in [-0.25, -0.2) is 0 Å². The number of hydrogen-bond acceptors (Lipinski definition) is 2. The molecule has 3 rings (SSSR count). The van der Waals surface area contributed by atoms with Crippen LogP contribution in [0.2, 0.25) is 0 Å². The van der Waals surface area contributed by atoms with Gasteiger partial charge in [0.05, 0.1) is 6.54 Å². The van der Waals surface area contributed by atoms with Crippen LogP contribution in [0.15, 0.2) is 72.5 Å². The zero-order valence-electron chi connectivity index (χ0n) is 11.0. The van der Waals surface area contributed by atoms with Crippen molar-refractivity contribution in [2.45, 2.75) is 6.61 Å². The molecule has 1 heterocycles. The van der Waals surface area contributed by atoms with Gasteiger partial charge >= 0.3 is 0 Å². The first kappa shape index (κ1) is 12.5. The summed E-state index contributed by atoms with van der Waals surface area (Å²) in [5.41, 5.74) is 1.99. The molecular weight excluding hydrogens is 250 g/mol. The lowest BCUT2D eigenvalue weighted by Crippen LogP contribution is -2.25. The molecule has 1 aliphatic heterocycles. The first-order valence-corrected chi connectivity index (χ1v) is 6.57. The van der Waals surface area contributed by atoms with Crippen LogP contribution in [0.3, 0.4) is 0 Å². The second-order valence-electron chi connectivity index (χ2n) is 4.64. The van der Waals surface area contributed by atoms with Crippen LogP contribution < -0.4 is 4.90 Å². The molecular formula is C17H15NO2. The first-order valence-electron chi connectivity index (χ1n) is 6.57. The van der Waals surface area contributed by atoms with Gasteiger partial charge in [-0.2, -0.15) is 0 Å². The van der Waals surface area contributed by atoms with E-state index >= 15 is 0 Å². The van der Waals surface area contributed by atoms with Crippen LogP contribution in [0.5, 0.6) is 0 Å². The number of para-hydroxylation sites is 1. The summed E-state index contributed by atoms with van der Waals surface area (Å²) in [6, 6.07) is 19.6. The van der Waals surface area contributed by atoms with E-state index in [-0.39, 0.29) is 5.91 Å². The molecule has 0 fully saturated rings. The molecule has 3 heteroatoms. The Morgan fingerprint density at radius 2 is 1.60 bits per heavy atom. The number of ether oxygens (including phenoxy) is 1. The summed E-state index contributed by atoms with van der Waals surface area (Å²) in [5.74, 6) is 0.682. The first-order chi connectivity index (χ1) is 9.83. The van der Waals surface area contributed by atoms with Gasteiger partial charge in [-0.15, -0.1) is 0 Å². The van der Waals surface area contributed by atoms with Crippen molar-refractivity contribution in [3.63, 3.8) is 0 Å². The van der Waals surface area contributed by atoms with Crippen molar-refractivity contribution < 1.29 is 9.53 Å². The highest BCUT2D eigenvalue weighted by Gasteiger charge is 2.23. The SMILES string of the molecule is O=C1C=C(OCc2ccccc2)CN1c1ccccc1. The molecule has 0 saturated heterocycles. The predicted octanol–water partition coefficient (Wildman–Crippen LogP) is 3.13. The fourth-order valence-corrected chi connectivity index (χ4v) is 2.16. The second-order valence-corrected chi connectivity index (χ2v) is 4.64. The number of benzene rings is 2. The fourth-order valence-electron chi connectivity index (χ4n) is 2.16. The monoisotopic (exact) mass is 265 g/mol. The number of carbonyl (C=O) groups excluding carboxylic acids is 1. The molecule has 2 aromatic carbocycles. The Hall–Kier alpha value is -2.55. The quantitative estimate of drug-likeness (QED) is 0.850. The largest absolute Gasteiger partial charge is 0.491 e. The van der Waals surface area contributed by atoms with Crippen LogP contribution in [-0.2, 0) is 16.1 Å². The van der Waals surface area contributed by atoms with Gasteiger partial charge in [0.2, 0.25) is 0 Å². The molecule has 0 aromatic heterocycles. The Labute approximate surface area is 118 Å². The van der Waals surface area contributed by atoms with Crippen LogP contribution in [0.1, 0.15) is 5.56 Å². The number of rotatable bonds is 4. The van der Waals surface area contributed by atoms with Gasteiger partial charge in [0, 0.05) is 11.8 Å². The lowest BCUT2D eigenvalue weighted by Gasteiger charge is -2.16. The molecule has 0 bridgehead atoms. The number of nitrogens with zero attached hydrogens (tertiary/aromatic N) is 1. The summed E-state index contributed by atoms with van der Waals surface area (Å²) in [7, 11) is 0. The standard InChI is InChI=1S/C17H15NO2/c19-17-11-16(20-13-14-7-3-1-4-8-14)12-18(17)15-9-5-2-6-10-15/h1-11H,12-13H2. The molecule has 3 nitrogen and oxygen atoms in total. The predicted molar refractivity (Wildman–Crippen MR) is 78.1 cm³/mol. The Bertz CT molecular complexity index is 620. The zero-order chi connectivity index (χ0) is 13.8. The van der Waals surface area contributed by atoms with Crippen LogP contribution in [0.4, 0.5) is 5.69 Å². The van der Waals surface area contributed by atoms with E-state index in [2.05, 4.69) is 0 Å². The van der Waals surface area contributed by atoms with E-state index in [1.165, 1.54) is 0 Å². The van der Waals surface area contributed by atoms with Crippen molar-refractivity contribution in [2.75, 3.05) is 11.4 Å². The number of amides is 1. The Balaban J connectivity index is 1.63. The van der Waals surface area contributed by atoms with Gasteiger partial charge in [0.15, 0.2) is 0 Å². The number of hydrogen-bond donors (Lipinski definition) is 0. The molecule has 1 amide bonds. The number of anilines is 1. The summed E-state index contributed by atoms with van der Waals surface area (Å²) in [6.45, 7) is 0.984. The van der Waals surface area contributed by atoms with E-state index < -0.39 is 0 Å². The van der Waals surface area contributed by atoms with Gasteiger partial charge in [0.25, 0.3) is 5.91 Å². The van der Waals surface area contributed by atoms with Crippen molar-refractivity contribution in [1.82, 2.24) is 0 Å². The molecule has 100 valence electrons. The Kier molecular flexibility index (Phi) is 3.50. The molecule has 0 atom stereocenters. The van der Waals surface area contributed by atoms with Crippen molar-refractivity contribution in [3.8, 4) is 0 Å². The van der Waals surface area contributed by atoms with Crippen LogP contribution in [0.25, 0.3) is 0 Å². The van der Waals surface area contributed by atoms with Gasteiger partial charge in [-0.05, 0) is 17.7 Å². The molecule has 0 radical (unpaired) electrons. The zero-order valence-corrected chi connectivity index (χ0v) is 11.0. The summed E-state index contributed by atoms with van der Waals surface area (Å²) in [5, 5.41) is 0. The molecule has 0 unspecified atom stereocenters. The maximum atomic E-state index is 12.0. The minimum absolute atomic E-state index is 0.0285. The molecule has 0 saturated carbocycles. The number of carbonyl (C=O) groups is 1. The van der Waals surface area contributed by atoms with Gasteiger partial charge in [0.1, 0.15) is 12.4 Å². The smallest absolute Gasteiger partial charge is 0.254 e. The van der Waals surface area contributed by atoms with E-state index in [0.717, 1.165) is 11.3 Å². The summed E-state index contributed by atoms with van der Waals surface area (Å²) < 4.78 is 5.71. The normalized spacial score (nSPS) is 14.3. The lowest BCUT2D eigenvalue weighted by molar-refractivity contribution is -0.113. The molecule has 1 aliphatic rings. The highest BCUT2D eigenvalue weighted by atomic mass is 16.5. The van der Waals surface area contributed by atoms with Crippen molar-refractivity contribution >= 4 is 11.6 Å². The Morgan fingerprint density at radius 3 is 2.30 bits per heavy atom.